The summed E-state index contributed by atoms with van der Waals surface area (Å²) in [6.07, 6.45) is 2.15. The Bertz CT molecular complexity index is 515. The van der Waals surface area contributed by atoms with E-state index in [1.54, 1.807) is 16.4 Å². The van der Waals surface area contributed by atoms with Crippen LogP contribution in [0.4, 0.5) is 0 Å². The largest absolute Gasteiger partial charge is 0.377 e. The number of thiophene rings is 1. The number of amides is 1. The summed E-state index contributed by atoms with van der Waals surface area (Å²) in [7, 11) is 0. The van der Waals surface area contributed by atoms with Crippen molar-refractivity contribution < 1.29 is 14.4 Å². The van der Waals surface area contributed by atoms with Gasteiger partial charge in [-0.1, -0.05) is 6.07 Å². The molecule has 0 bridgehead atoms. The number of hydrogen-bond donors (Lipinski definition) is 0. The first-order chi connectivity index (χ1) is 10.8. The molecule has 120 valence electrons. The number of likely N-dealkylation sites (tertiary alicyclic amines) is 1. The van der Waals surface area contributed by atoms with Crippen molar-refractivity contribution in [2.45, 2.75) is 25.5 Å². The van der Waals surface area contributed by atoms with E-state index in [-0.39, 0.29) is 17.9 Å². The molecule has 3 fully saturated rings. The number of piperidine rings is 1. The fourth-order valence-electron chi connectivity index (χ4n) is 3.88. The molecule has 1 amide bonds. The average molecular weight is 322 g/mol. The fourth-order valence-corrected chi connectivity index (χ4v) is 4.62. The van der Waals surface area contributed by atoms with Crippen LogP contribution in [0.25, 0.3) is 0 Å². The molecule has 3 aliphatic rings. The first kappa shape index (κ1) is 14.6. The normalized spacial score (nSPS) is 32.4. The Labute approximate surface area is 134 Å². The molecule has 0 spiro atoms. The van der Waals surface area contributed by atoms with Crippen LogP contribution >= 0.6 is 11.3 Å². The molecule has 4 rings (SSSR count). The molecule has 0 N–H and O–H groups in total. The molecule has 0 unspecified atom stereocenters. The minimum atomic E-state index is 0.0133. The van der Waals surface area contributed by atoms with E-state index >= 15 is 0 Å². The van der Waals surface area contributed by atoms with Gasteiger partial charge in [0, 0.05) is 37.0 Å². The van der Waals surface area contributed by atoms with Gasteiger partial charge in [-0.15, -0.1) is 11.3 Å². The molecule has 0 radical (unpaired) electrons. The summed E-state index contributed by atoms with van der Waals surface area (Å²) in [6, 6.07) is 4.24. The Kier molecular flexibility index (Phi) is 4.17. The average Bonchev–Trinajstić information content (AvgIpc) is 3.27. The number of hydrogen-bond acceptors (Lipinski definition) is 5. The maximum absolute atomic E-state index is 12.8. The smallest absolute Gasteiger partial charge is 0.250 e. The quantitative estimate of drug-likeness (QED) is 0.850. The molecular formula is C16H22N2O3S. The number of rotatable bonds is 3. The summed E-state index contributed by atoms with van der Waals surface area (Å²) >= 11 is 1.77. The molecule has 22 heavy (non-hydrogen) atoms. The van der Waals surface area contributed by atoms with Gasteiger partial charge in [0.2, 0.25) is 0 Å². The van der Waals surface area contributed by atoms with Crippen molar-refractivity contribution in [1.82, 2.24) is 9.96 Å². The van der Waals surface area contributed by atoms with Crippen molar-refractivity contribution in [2.75, 3.05) is 32.8 Å². The number of hydroxylamine groups is 2. The summed E-state index contributed by atoms with van der Waals surface area (Å²) in [4.78, 5) is 22.0. The fraction of sp³-hybridized carbons (Fsp3) is 0.688. The van der Waals surface area contributed by atoms with E-state index in [2.05, 4.69) is 22.4 Å². The van der Waals surface area contributed by atoms with Crippen LogP contribution in [0.1, 0.15) is 17.7 Å². The lowest BCUT2D eigenvalue weighted by Crippen LogP contribution is -2.52. The predicted octanol–water partition coefficient (Wildman–Crippen LogP) is 1.75. The molecule has 3 atom stereocenters. The summed E-state index contributed by atoms with van der Waals surface area (Å²) in [5, 5.41) is 3.70. The van der Waals surface area contributed by atoms with Crippen LogP contribution in [0.3, 0.4) is 0 Å². The monoisotopic (exact) mass is 322 g/mol. The van der Waals surface area contributed by atoms with Gasteiger partial charge in [0.05, 0.1) is 25.2 Å². The number of ether oxygens (including phenoxy) is 1. The SMILES string of the molecule is O=C([C@@H]1CN(Cc2cccs2)C[C@@H]2OCC[C@@H]21)N1CCCO1. The number of nitrogens with zero attached hydrogens (tertiary/aromatic N) is 2. The van der Waals surface area contributed by atoms with Gasteiger partial charge < -0.3 is 4.74 Å². The zero-order chi connectivity index (χ0) is 14.9. The molecular weight excluding hydrogens is 300 g/mol. The van der Waals surface area contributed by atoms with E-state index in [1.165, 1.54) is 4.88 Å². The van der Waals surface area contributed by atoms with Crippen LogP contribution in [0, 0.1) is 11.8 Å². The van der Waals surface area contributed by atoms with Gasteiger partial charge in [-0.05, 0) is 24.3 Å². The van der Waals surface area contributed by atoms with E-state index in [0.29, 0.717) is 12.5 Å². The molecule has 3 saturated heterocycles. The highest BCUT2D eigenvalue weighted by Gasteiger charge is 2.45. The zero-order valence-electron chi connectivity index (χ0n) is 12.6. The van der Waals surface area contributed by atoms with Gasteiger partial charge >= 0.3 is 0 Å². The highest BCUT2D eigenvalue weighted by atomic mass is 32.1. The second kappa shape index (κ2) is 6.28. The summed E-state index contributed by atoms with van der Waals surface area (Å²) in [5.41, 5.74) is 0. The summed E-state index contributed by atoms with van der Waals surface area (Å²) in [6.45, 7) is 4.86. The second-order valence-corrected chi connectivity index (χ2v) is 7.40. The predicted molar refractivity (Wildman–Crippen MR) is 83.2 cm³/mol. The Hall–Kier alpha value is -0.950. The van der Waals surface area contributed by atoms with Crippen LogP contribution in [0.5, 0.6) is 0 Å². The minimum absolute atomic E-state index is 0.0133. The molecule has 0 saturated carbocycles. The van der Waals surface area contributed by atoms with Crippen LogP contribution < -0.4 is 0 Å². The first-order valence-electron chi connectivity index (χ1n) is 8.12. The third-order valence-electron chi connectivity index (χ3n) is 4.95. The van der Waals surface area contributed by atoms with Crippen molar-refractivity contribution in [3.05, 3.63) is 22.4 Å². The van der Waals surface area contributed by atoms with E-state index in [9.17, 15) is 4.79 Å². The van der Waals surface area contributed by atoms with E-state index in [4.69, 9.17) is 9.57 Å². The molecule has 1 aromatic rings. The topological polar surface area (TPSA) is 42.0 Å². The van der Waals surface area contributed by atoms with Gasteiger partial charge in [-0.2, -0.15) is 0 Å². The minimum Gasteiger partial charge on any atom is -0.377 e. The Balaban J connectivity index is 1.49. The van der Waals surface area contributed by atoms with Crippen molar-refractivity contribution in [1.29, 1.82) is 0 Å². The Morgan fingerprint density at radius 1 is 1.36 bits per heavy atom. The van der Waals surface area contributed by atoms with Crippen LogP contribution in [0.2, 0.25) is 0 Å². The summed E-state index contributed by atoms with van der Waals surface area (Å²) < 4.78 is 5.90. The molecule has 3 aliphatic heterocycles. The van der Waals surface area contributed by atoms with E-state index < -0.39 is 0 Å². The van der Waals surface area contributed by atoms with Gasteiger partial charge in [0.1, 0.15) is 0 Å². The van der Waals surface area contributed by atoms with Crippen LogP contribution in [-0.4, -0.2) is 54.8 Å². The lowest BCUT2D eigenvalue weighted by Gasteiger charge is -2.40. The zero-order valence-corrected chi connectivity index (χ0v) is 13.5. The van der Waals surface area contributed by atoms with Crippen LogP contribution in [0.15, 0.2) is 17.5 Å². The van der Waals surface area contributed by atoms with Gasteiger partial charge in [0.15, 0.2) is 0 Å². The maximum atomic E-state index is 12.8. The third kappa shape index (κ3) is 2.80. The standard InChI is InChI=1S/C16H22N2O3S/c19-16(18-5-2-6-21-18)14-10-17(9-12-3-1-8-22-12)11-15-13(14)4-7-20-15/h1,3,8,13-15H,2,4-7,9-11H2/t13-,14-,15+/m1/s1. The van der Waals surface area contributed by atoms with Crippen LogP contribution in [-0.2, 0) is 20.9 Å². The molecule has 6 heteroatoms. The van der Waals surface area contributed by atoms with Crippen molar-refractivity contribution in [3.8, 4) is 0 Å². The Morgan fingerprint density at radius 3 is 3.09 bits per heavy atom. The Morgan fingerprint density at radius 2 is 2.32 bits per heavy atom. The second-order valence-electron chi connectivity index (χ2n) is 6.37. The van der Waals surface area contributed by atoms with Crippen molar-refractivity contribution in [3.63, 3.8) is 0 Å². The van der Waals surface area contributed by atoms with E-state index in [1.807, 2.05) is 0 Å². The van der Waals surface area contributed by atoms with Gasteiger partial charge in [-0.25, -0.2) is 5.06 Å². The highest BCUT2D eigenvalue weighted by Crippen LogP contribution is 2.36. The third-order valence-corrected chi connectivity index (χ3v) is 5.81. The molecule has 0 aromatic carbocycles. The van der Waals surface area contributed by atoms with Gasteiger partial charge in [-0.3, -0.25) is 14.5 Å². The summed E-state index contributed by atoms with van der Waals surface area (Å²) in [5.74, 6) is 0.532. The number of fused-ring (bicyclic) bond motifs is 1. The van der Waals surface area contributed by atoms with Crippen molar-refractivity contribution in [2.24, 2.45) is 11.8 Å². The van der Waals surface area contributed by atoms with Crippen molar-refractivity contribution >= 4 is 17.2 Å². The number of carbonyl (C=O) groups excluding carboxylic acids is 1. The molecule has 0 aliphatic carbocycles. The molecule has 1 aromatic heterocycles. The maximum Gasteiger partial charge on any atom is 0.250 e. The van der Waals surface area contributed by atoms with E-state index in [0.717, 1.165) is 45.6 Å². The lowest BCUT2D eigenvalue weighted by atomic mass is 9.82. The van der Waals surface area contributed by atoms with Gasteiger partial charge in [0.25, 0.3) is 5.91 Å². The molecule has 4 heterocycles. The molecule has 5 nitrogen and oxygen atoms in total. The lowest BCUT2D eigenvalue weighted by molar-refractivity contribution is -0.179. The number of carbonyl (C=O) groups is 1. The first-order valence-corrected chi connectivity index (χ1v) is 9.00. The highest BCUT2D eigenvalue weighted by molar-refractivity contribution is 7.09.